The van der Waals surface area contributed by atoms with Crippen molar-refractivity contribution in [1.82, 2.24) is 10.3 Å². The number of halogens is 2. The molecule has 0 aliphatic carbocycles. The molecule has 1 aromatic heterocycles. The molecule has 2 rings (SSSR count). The molecule has 21 heavy (non-hydrogen) atoms. The van der Waals surface area contributed by atoms with E-state index in [0.717, 1.165) is 23.7 Å². The molecule has 0 aliphatic heterocycles. The molecule has 0 aliphatic rings. The predicted molar refractivity (Wildman–Crippen MR) is 87.7 cm³/mol. The zero-order chi connectivity index (χ0) is 15.4. The Bertz CT molecular complexity index is 598. The van der Waals surface area contributed by atoms with Crippen LogP contribution in [0, 0.1) is 5.82 Å². The third kappa shape index (κ3) is 4.02. The second kappa shape index (κ2) is 7.34. The van der Waals surface area contributed by atoms with E-state index in [-0.39, 0.29) is 11.9 Å². The molecular weight excluding hydrogens is 307 g/mol. The van der Waals surface area contributed by atoms with Gasteiger partial charge in [-0.2, -0.15) is 0 Å². The van der Waals surface area contributed by atoms with Gasteiger partial charge in [0.15, 0.2) is 0 Å². The molecule has 1 unspecified atom stereocenters. The first kappa shape index (κ1) is 16.4. The Labute approximate surface area is 134 Å². The number of nitrogens with one attached hydrogen (secondary N) is 1. The lowest BCUT2D eigenvalue weighted by Crippen LogP contribution is -2.24. The van der Waals surface area contributed by atoms with Crippen LogP contribution in [0.3, 0.4) is 0 Å². The number of hydrogen-bond acceptors (Lipinski definition) is 3. The highest BCUT2D eigenvalue weighted by atomic mass is 35.5. The third-order valence-electron chi connectivity index (χ3n) is 3.25. The van der Waals surface area contributed by atoms with Crippen molar-refractivity contribution in [2.75, 3.05) is 6.54 Å². The van der Waals surface area contributed by atoms with Gasteiger partial charge in [-0.3, -0.25) is 0 Å². The molecule has 2 aromatic rings. The largest absolute Gasteiger partial charge is 0.304 e. The summed E-state index contributed by atoms with van der Waals surface area (Å²) < 4.78 is 14.2. The minimum atomic E-state index is -0.294. The lowest BCUT2D eigenvalue weighted by molar-refractivity contribution is 0.544. The van der Waals surface area contributed by atoms with Gasteiger partial charge in [0.25, 0.3) is 0 Å². The van der Waals surface area contributed by atoms with Crippen LogP contribution in [0.4, 0.5) is 4.39 Å². The van der Waals surface area contributed by atoms with E-state index in [9.17, 15) is 4.39 Å². The quantitative estimate of drug-likeness (QED) is 0.794. The summed E-state index contributed by atoms with van der Waals surface area (Å²) in [5, 5.41) is 6.74. The highest BCUT2D eigenvalue weighted by Gasteiger charge is 2.21. The summed E-state index contributed by atoms with van der Waals surface area (Å²) in [7, 11) is 0. The second-order valence-corrected chi connectivity index (χ2v) is 6.64. The van der Waals surface area contributed by atoms with Gasteiger partial charge in [-0.15, -0.1) is 11.3 Å². The number of aromatic nitrogens is 1. The van der Waals surface area contributed by atoms with E-state index in [2.05, 4.69) is 36.5 Å². The summed E-state index contributed by atoms with van der Waals surface area (Å²) in [6.07, 6.45) is 0.980. The van der Waals surface area contributed by atoms with E-state index >= 15 is 0 Å². The molecule has 0 radical (unpaired) electrons. The Balaban J connectivity index is 2.36. The smallest absolute Gasteiger partial charge is 0.129 e. The van der Waals surface area contributed by atoms with Crippen LogP contribution in [0.5, 0.6) is 0 Å². The Morgan fingerprint density at radius 3 is 2.71 bits per heavy atom. The van der Waals surface area contributed by atoms with Crippen molar-refractivity contribution in [3.63, 3.8) is 0 Å². The van der Waals surface area contributed by atoms with Crippen molar-refractivity contribution in [1.29, 1.82) is 0 Å². The van der Waals surface area contributed by atoms with E-state index in [4.69, 9.17) is 11.6 Å². The Morgan fingerprint density at radius 2 is 2.14 bits per heavy atom. The van der Waals surface area contributed by atoms with E-state index in [0.29, 0.717) is 16.5 Å². The topological polar surface area (TPSA) is 24.9 Å². The first-order valence-corrected chi connectivity index (χ1v) is 8.42. The summed E-state index contributed by atoms with van der Waals surface area (Å²) in [6, 6.07) is 4.59. The second-order valence-electron chi connectivity index (χ2n) is 5.32. The molecule has 2 nitrogen and oxygen atoms in total. The average Bonchev–Trinajstić information content (AvgIpc) is 2.91. The first-order chi connectivity index (χ1) is 10.0. The van der Waals surface area contributed by atoms with Crippen molar-refractivity contribution in [3.8, 4) is 0 Å². The van der Waals surface area contributed by atoms with Gasteiger partial charge in [0, 0.05) is 16.0 Å². The van der Waals surface area contributed by atoms with Crippen molar-refractivity contribution in [2.45, 2.75) is 39.2 Å². The fraction of sp³-hybridized carbons (Fsp3) is 0.438. The molecular formula is C16H20ClFN2S. The van der Waals surface area contributed by atoms with Crippen LogP contribution in [0.1, 0.15) is 55.4 Å². The fourth-order valence-corrected chi connectivity index (χ4v) is 3.28. The molecule has 1 heterocycles. The summed E-state index contributed by atoms with van der Waals surface area (Å²) >= 11 is 7.42. The molecule has 0 bridgehead atoms. The van der Waals surface area contributed by atoms with E-state index in [1.165, 1.54) is 6.07 Å². The van der Waals surface area contributed by atoms with Crippen LogP contribution < -0.4 is 5.32 Å². The van der Waals surface area contributed by atoms with Crippen molar-refractivity contribution in [3.05, 3.63) is 50.7 Å². The molecule has 0 amide bonds. The maximum atomic E-state index is 14.2. The molecule has 5 heteroatoms. The molecule has 1 N–H and O–H groups in total. The number of hydrogen-bond donors (Lipinski definition) is 1. The number of nitrogens with zero attached hydrogens (tertiary/aromatic N) is 1. The van der Waals surface area contributed by atoms with Gasteiger partial charge in [0.1, 0.15) is 10.8 Å². The van der Waals surface area contributed by atoms with E-state index in [1.54, 1.807) is 23.5 Å². The molecule has 114 valence electrons. The number of benzene rings is 1. The fourth-order valence-electron chi connectivity index (χ4n) is 2.05. The normalized spacial score (nSPS) is 12.9. The maximum Gasteiger partial charge on any atom is 0.129 e. The Kier molecular flexibility index (Phi) is 5.73. The molecule has 0 fully saturated rings. The van der Waals surface area contributed by atoms with Gasteiger partial charge < -0.3 is 5.32 Å². The van der Waals surface area contributed by atoms with E-state index < -0.39 is 0 Å². The summed E-state index contributed by atoms with van der Waals surface area (Å²) in [4.78, 5) is 4.66. The van der Waals surface area contributed by atoms with Crippen LogP contribution in [-0.2, 0) is 0 Å². The van der Waals surface area contributed by atoms with Crippen molar-refractivity contribution >= 4 is 22.9 Å². The highest BCUT2D eigenvalue weighted by molar-refractivity contribution is 7.09. The summed E-state index contributed by atoms with van der Waals surface area (Å²) in [6.45, 7) is 7.11. The van der Waals surface area contributed by atoms with Crippen molar-refractivity contribution < 1.29 is 4.39 Å². The van der Waals surface area contributed by atoms with Gasteiger partial charge >= 0.3 is 0 Å². The molecule has 0 saturated carbocycles. The van der Waals surface area contributed by atoms with Crippen molar-refractivity contribution in [2.24, 2.45) is 0 Å². The number of rotatable bonds is 6. The molecule has 1 atom stereocenters. The van der Waals surface area contributed by atoms with Crippen LogP contribution >= 0.6 is 22.9 Å². The molecule has 1 aromatic carbocycles. The van der Waals surface area contributed by atoms with E-state index in [1.807, 2.05) is 0 Å². The van der Waals surface area contributed by atoms with Crippen LogP contribution in [0.2, 0.25) is 5.02 Å². The Morgan fingerprint density at radius 1 is 1.38 bits per heavy atom. The average molecular weight is 327 g/mol. The van der Waals surface area contributed by atoms with Gasteiger partial charge in [-0.25, -0.2) is 9.37 Å². The lowest BCUT2D eigenvalue weighted by atomic mass is 10.1. The third-order valence-corrected chi connectivity index (χ3v) is 4.41. The highest BCUT2D eigenvalue weighted by Crippen LogP contribution is 2.30. The summed E-state index contributed by atoms with van der Waals surface area (Å²) in [5.74, 6) is 0.0780. The standard InChI is InChI=1S/C16H20ClFN2S/c1-4-7-19-15(12-6-5-11(17)8-13(12)18)16-20-14(9-21-16)10(2)3/h5-6,8-10,15,19H,4,7H2,1-3H3. The van der Waals surface area contributed by atoms with Crippen LogP contribution in [-0.4, -0.2) is 11.5 Å². The minimum Gasteiger partial charge on any atom is -0.304 e. The van der Waals surface area contributed by atoms with Gasteiger partial charge in [-0.05, 0) is 31.0 Å². The Hall–Kier alpha value is -0.970. The maximum absolute atomic E-state index is 14.2. The van der Waals surface area contributed by atoms with Crippen LogP contribution in [0.15, 0.2) is 23.6 Å². The zero-order valence-electron chi connectivity index (χ0n) is 12.5. The van der Waals surface area contributed by atoms with Gasteiger partial charge in [-0.1, -0.05) is 38.4 Å². The van der Waals surface area contributed by atoms with Gasteiger partial charge in [0.2, 0.25) is 0 Å². The molecule has 0 saturated heterocycles. The number of thiazole rings is 1. The monoisotopic (exact) mass is 326 g/mol. The first-order valence-electron chi connectivity index (χ1n) is 7.16. The summed E-state index contributed by atoms with van der Waals surface area (Å²) in [5.41, 5.74) is 1.64. The predicted octanol–water partition coefficient (Wildman–Crippen LogP) is 5.15. The lowest BCUT2D eigenvalue weighted by Gasteiger charge is -2.17. The zero-order valence-corrected chi connectivity index (χ0v) is 14.1. The minimum absolute atomic E-state index is 0.222. The molecule has 0 spiro atoms. The SMILES string of the molecule is CCCNC(c1nc(C(C)C)cs1)c1ccc(Cl)cc1F. The van der Waals surface area contributed by atoms with Gasteiger partial charge in [0.05, 0.1) is 11.7 Å². The van der Waals surface area contributed by atoms with Crippen LogP contribution in [0.25, 0.3) is 0 Å².